The van der Waals surface area contributed by atoms with Gasteiger partial charge in [0.05, 0.1) is 5.39 Å². The van der Waals surface area contributed by atoms with Gasteiger partial charge in [-0.2, -0.15) is 9.97 Å². The van der Waals surface area contributed by atoms with Gasteiger partial charge in [-0.05, 0) is 63.2 Å². The van der Waals surface area contributed by atoms with Gasteiger partial charge in [-0.3, -0.25) is 9.78 Å². The molecule has 224 valence electrons. The summed E-state index contributed by atoms with van der Waals surface area (Å²) in [6.45, 7) is 13.6. The number of amides is 1. The van der Waals surface area contributed by atoms with Crippen LogP contribution in [0.4, 0.5) is 14.6 Å². The average molecular weight is 606 g/mol. The van der Waals surface area contributed by atoms with Crippen molar-refractivity contribution in [1.82, 2.24) is 24.8 Å². The Morgan fingerprint density at radius 1 is 1.23 bits per heavy atom. The smallest absolute Gasteiger partial charge is 0.319 e. The van der Waals surface area contributed by atoms with E-state index in [-0.39, 0.29) is 41.5 Å². The standard InChI is InChI=1S/C31H33F2N7O2S/c1-4-25(41)40-13-12-39(17-20(40)15-34-2)30-23-16-35-27(22-9-10-24(32)21-8-6-14-43-29(21)22)26(33)28(23)36-31(37-30)42-18-19-7-5-11-38(19)3/h4,9-10,16,19-20H,1,5-8,11-15,17-18H2,3H3/t19-,20-/m0/s1. The summed E-state index contributed by atoms with van der Waals surface area (Å²) in [6.07, 6.45) is 6.35. The van der Waals surface area contributed by atoms with Crippen molar-refractivity contribution in [3.05, 3.63) is 59.6 Å². The summed E-state index contributed by atoms with van der Waals surface area (Å²) < 4.78 is 37.3. The van der Waals surface area contributed by atoms with Gasteiger partial charge in [-0.1, -0.05) is 6.58 Å². The molecule has 1 aromatic carbocycles. The van der Waals surface area contributed by atoms with Gasteiger partial charge in [0.15, 0.2) is 5.82 Å². The van der Waals surface area contributed by atoms with Gasteiger partial charge in [-0.25, -0.2) is 15.4 Å². The Hall–Kier alpha value is -3.82. The molecule has 2 atom stereocenters. The fourth-order valence-electron chi connectivity index (χ4n) is 6.20. The van der Waals surface area contributed by atoms with Gasteiger partial charge in [0.25, 0.3) is 0 Å². The molecule has 3 aliphatic heterocycles. The number of aromatic nitrogens is 3. The van der Waals surface area contributed by atoms with Crippen LogP contribution in [0.15, 0.2) is 35.9 Å². The zero-order valence-electron chi connectivity index (χ0n) is 24.1. The number of benzene rings is 1. The van der Waals surface area contributed by atoms with Crippen molar-refractivity contribution in [2.75, 3.05) is 57.0 Å². The number of carbonyl (C=O) groups is 1. The molecule has 0 aliphatic carbocycles. The number of hydrogen-bond acceptors (Lipinski definition) is 8. The van der Waals surface area contributed by atoms with Crippen LogP contribution >= 0.6 is 11.8 Å². The van der Waals surface area contributed by atoms with Gasteiger partial charge >= 0.3 is 6.01 Å². The molecule has 1 amide bonds. The summed E-state index contributed by atoms with van der Waals surface area (Å²) in [5, 5.41) is 0.403. The van der Waals surface area contributed by atoms with E-state index in [2.05, 4.69) is 26.3 Å². The van der Waals surface area contributed by atoms with Crippen LogP contribution in [0.25, 0.3) is 27.0 Å². The van der Waals surface area contributed by atoms with E-state index >= 15 is 4.39 Å². The molecule has 0 bridgehead atoms. The van der Waals surface area contributed by atoms with Crippen molar-refractivity contribution >= 4 is 34.4 Å². The molecule has 0 unspecified atom stereocenters. The molecular formula is C31H33F2N7O2S. The summed E-state index contributed by atoms with van der Waals surface area (Å²) in [6, 6.07) is 2.84. The number of hydrogen-bond donors (Lipinski definition) is 0. The van der Waals surface area contributed by atoms with Crippen molar-refractivity contribution in [1.29, 1.82) is 0 Å². The molecule has 5 heterocycles. The summed E-state index contributed by atoms with van der Waals surface area (Å²) in [5.74, 6) is 0.122. The Bertz CT molecular complexity index is 1610. The van der Waals surface area contributed by atoms with Crippen LogP contribution in [0.3, 0.4) is 0 Å². The topological polar surface area (TPSA) is 79.1 Å². The van der Waals surface area contributed by atoms with Crippen LogP contribution in [0.2, 0.25) is 0 Å². The highest BCUT2D eigenvalue weighted by molar-refractivity contribution is 7.99. The lowest BCUT2D eigenvalue weighted by Gasteiger charge is -2.39. The maximum atomic E-state index is 16.5. The molecule has 9 nitrogen and oxygen atoms in total. The number of rotatable bonds is 7. The molecule has 12 heteroatoms. The predicted molar refractivity (Wildman–Crippen MR) is 162 cm³/mol. The Balaban J connectivity index is 1.43. The Kier molecular flexibility index (Phi) is 8.45. The van der Waals surface area contributed by atoms with E-state index in [0.717, 1.165) is 36.5 Å². The van der Waals surface area contributed by atoms with E-state index < -0.39 is 11.9 Å². The molecule has 2 aromatic heterocycles. The molecule has 2 fully saturated rings. The highest BCUT2D eigenvalue weighted by Crippen LogP contribution is 2.41. The van der Waals surface area contributed by atoms with Gasteiger partial charge < -0.3 is 24.3 Å². The Morgan fingerprint density at radius 3 is 2.86 bits per heavy atom. The summed E-state index contributed by atoms with van der Waals surface area (Å²) in [7, 11) is 2.05. The molecule has 6 rings (SSSR count). The van der Waals surface area contributed by atoms with Crippen molar-refractivity contribution < 1.29 is 18.3 Å². The minimum atomic E-state index is -0.623. The Labute approximate surface area is 253 Å². The second-order valence-corrected chi connectivity index (χ2v) is 12.2. The van der Waals surface area contributed by atoms with Crippen LogP contribution < -0.4 is 9.64 Å². The number of pyridine rings is 1. The van der Waals surface area contributed by atoms with Gasteiger partial charge in [-0.15, -0.1) is 11.8 Å². The number of ether oxygens (including phenoxy) is 1. The second-order valence-electron chi connectivity index (χ2n) is 11.1. The summed E-state index contributed by atoms with van der Waals surface area (Å²) >= 11 is 1.52. The van der Waals surface area contributed by atoms with E-state index in [0.29, 0.717) is 55.0 Å². The van der Waals surface area contributed by atoms with E-state index in [9.17, 15) is 9.18 Å². The van der Waals surface area contributed by atoms with Crippen LogP contribution in [0, 0.1) is 18.2 Å². The van der Waals surface area contributed by atoms with E-state index in [4.69, 9.17) is 16.3 Å². The van der Waals surface area contributed by atoms with Gasteiger partial charge in [0.1, 0.15) is 35.5 Å². The van der Waals surface area contributed by atoms with E-state index in [1.807, 2.05) is 11.9 Å². The minimum Gasteiger partial charge on any atom is -0.462 e. The number of thioether (sulfide) groups is 1. The Morgan fingerprint density at radius 2 is 2.09 bits per heavy atom. The number of nitrogens with zero attached hydrogens (tertiary/aromatic N) is 7. The normalized spacial score (nSPS) is 20.6. The maximum absolute atomic E-state index is 16.5. The monoisotopic (exact) mass is 605 g/mol. The van der Waals surface area contributed by atoms with Crippen molar-refractivity contribution in [2.24, 2.45) is 0 Å². The summed E-state index contributed by atoms with van der Waals surface area (Å²) in [5.41, 5.74) is 1.32. The zero-order valence-corrected chi connectivity index (χ0v) is 24.9. The van der Waals surface area contributed by atoms with E-state index in [1.54, 1.807) is 17.2 Å². The molecular weight excluding hydrogens is 572 g/mol. The fraction of sp³-hybridized carbons (Fsp3) is 0.452. The first-order chi connectivity index (χ1) is 20.9. The second kappa shape index (κ2) is 12.4. The highest BCUT2D eigenvalue weighted by Gasteiger charge is 2.34. The van der Waals surface area contributed by atoms with Crippen molar-refractivity contribution in [2.45, 2.75) is 42.7 Å². The van der Waals surface area contributed by atoms with Crippen molar-refractivity contribution in [3.63, 3.8) is 0 Å². The zero-order chi connectivity index (χ0) is 30.1. The number of halogens is 2. The lowest BCUT2D eigenvalue weighted by molar-refractivity contribution is -0.128. The first-order valence-corrected chi connectivity index (χ1v) is 15.5. The van der Waals surface area contributed by atoms with Crippen LogP contribution in [0.1, 0.15) is 24.8 Å². The highest BCUT2D eigenvalue weighted by atomic mass is 32.2. The number of carbonyl (C=O) groups excluding carboxylic acids is 1. The third-order valence-corrected chi connectivity index (χ3v) is 9.79. The molecule has 0 spiro atoms. The number of anilines is 1. The third-order valence-electron chi connectivity index (χ3n) is 8.54. The summed E-state index contributed by atoms with van der Waals surface area (Å²) in [4.78, 5) is 36.4. The lowest BCUT2D eigenvalue weighted by Crippen LogP contribution is -2.56. The van der Waals surface area contributed by atoms with Crippen LogP contribution in [0.5, 0.6) is 6.01 Å². The van der Waals surface area contributed by atoms with Crippen LogP contribution in [-0.2, 0) is 11.2 Å². The SMILES string of the molecule is [C-]#[N+]C[C@H]1CN(c2nc(OC[C@@H]3CCCN3C)nc3c(F)c(-c4ccc(F)c5c4SCCC5)ncc23)CCN1C(=O)C=C. The van der Waals surface area contributed by atoms with Gasteiger partial charge in [0, 0.05) is 47.9 Å². The quantitative estimate of drug-likeness (QED) is 0.286. The molecule has 0 saturated carbocycles. The molecule has 3 aliphatic rings. The fourth-order valence-corrected chi connectivity index (χ4v) is 7.39. The lowest BCUT2D eigenvalue weighted by atomic mass is 10.0. The maximum Gasteiger partial charge on any atom is 0.319 e. The average Bonchev–Trinajstić information content (AvgIpc) is 3.44. The third kappa shape index (κ3) is 5.63. The minimum absolute atomic E-state index is 0.0562. The van der Waals surface area contributed by atoms with Crippen molar-refractivity contribution in [3.8, 4) is 17.3 Å². The molecule has 0 N–H and O–H groups in total. The number of likely N-dealkylation sites (tertiary alicyclic amines) is 1. The van der Waals surface area contributed by atoms with Gasteiger partial charge in [0.2, 0.25) is 12.5 Å². The van der Waals surface area contributed by atoms with E-state index in [1.165, 1.54) is 23.9 Å². The molecule has 43 heavy (non-hydrogen) atoms. The largest absolute Gasteiger partial charge is 0.462 e. The number of likely N-dealkylation sites (N-methyl/N-ethyl adjacent to an activating group) is 1. The van der Waals surface area contributed by atoms with Crippen LogP contribution in [-0.4, -0.2) is 94.9 Å². The first-order valence-electron chi connectivity index (χ1n) is 14.5. The first kappa shape index (κ1) is 29.3. The number of piperazine rings is 1. The molecule has 0 radical (unpaired) electrons. The number of fused-ring (bicyclic) bond motifs is 2. The molecule has 2 saturated heterocycles. The predicted octanol–water partition coefficient (Wildman–Crippen LogP) is 4.60. The molecule has 3 aromatic rings.